The standard InChI is InChI=1S/C6H5ClN2O/c7-10-9-5-6-3-1-2-4-8-6/h1-5H. The van der Waals surface area contributed by atoms with Gasteiger partial charge in [0.2, 0.25) is 0 Å². The second-order valence-corrected chi connectivity index (χ2v) is 1.70. The Morgan fingerprint density at radius 3 is 3.10 bits per heavy atom. The fourth-order valence-corrected chi connectivity index (χ4v) is 0.566. The summed E-state index contributed by atoms with van der Waals surface area (Å²) in [7, 11) is 0. The van der Waals surface area contributed by atoms with E-state index in [1.165, 1.54) is 6.21 Å². The molecule has 0 spiro atoms. The lowest BCUT2D eigenvalue weighted by molar-refractivity contribution is 0.383. The summed E-state index contributed by atoms with van der Waals surface area (Å²) in [6.45, 7) is 0. The van der Waals surface area contributed by atoms with Gasteiger partial charge in [-0.1, -0.05) is 11.2 Å². The fourth-order valence-electron chi connectivity index (χ4n) is 0.526. The van der Waals surface area contributed by atoms with E-state index in [4.69, 9.17) is 11.9 Å². The van der Waals surface area contributed by atoms with E-state index >= 15 is 0 Å². The molecule has 0 aliphatic heterocycles. The second kappa shape index (κ2) is 3.85. The van der Waals surface area contributed by atoms with E-state index < -0.39 is 0 Å². The van der Waals surface area contributed by atoms with Gasteiger partial charge in [0.25, 0.3) is 0 Å². The third kappa shape index (κ3) is 2.03. The van der Waals surface area contributed by atoms with Crippen molar-refractivity contribution in [2.45, 2.75) is 0 Å². The van der Waals surface area contributed by atoms with Gasteiger partial charge in [0.15, 0.2) is 11.9 Å². The summed E-state index contributed by atoms with van der Waals surface area (Å²) < 4.78 is 3.95. The van der Waals surface area contributed by atoms with Gasteiger partial charge in [0, 0.05) is 6.20 Å². The van der Waals surface area contributed by atoms with Gasteiger partial charge < -0.3 is 0 Å². The number of oxime groups is 1. The van der Waals surface area contributed by atoms with E-state index in [0.29, 0.717) is 5.69 Å². The van der Waals surface area contributed by atoms with Crippen molar-refractivity contribution in [3.05, 3.63) is 30.1 Å². The van der Waals surface area contributed by atoms with Crippen LogP contribution in [0.1, 0.15) is 5.69 Å². The Morgan fingerprint density at radius 2 is 2.50 bits per heavy atom. The summed E-state index contributed by atoms with van der Waals surface area (Å²) in [5.74, 6) is 0. The van der Waals surface area contributed by atoms with Crippen LogP contribution in [-0.2, 0) is 4.39 Å². The number of aromatic nitrogens is 1. The molecule has 0 fully saturated rings. The Morgan fingerprint density at radius 1 is 1.60 bits per heavy atom. The summed E-state index contributed by atoms with van der Waals surface area (Å²) in [4.78, 5) is 3.93. The second-order valence-electron chi connectivity index (χ2n) is 1.56. The fraction of sp³-hybridized carbons (Fsp3) is 0. The number of pyridine rings is 1. The van der Waals surface area contributed by atoms with E-state index in [1.807, 2.05) is 12.1 Å². The molecule has 10 heavy (non-hydrogen) atoms. The zero-order chi connectivity index (χ0) is 7.23. The van der Waals surface area contributed by atoms with Crippen molar-refractivity contribution in [1.29, 1.82) is 0 Å². The SMILES string of the molecule is ClON=Cc1ccccn1. The molecule has 0 aliphatic rings. The molecule has 0 saturated carbocycles. The molecule has 1 rings (SSSR count). The van der Waals surface area contributed by atoms with Crippen molar-refractivity contribution in [2.24, 2.45) is 5.16 Å². The van der Waals surface area contributed by atoms with E-state index in [2.05, 4.69) is 14.5 Å². The van der Waals surface area contributed by atoms with Crippen LogP contribution in [0, 0.1) is 0 Å². The largest absolute Gasteiger partial charge is 0.277 e. The molecule has 0 atom stereocenters. The maximum Gasteiger partial charge on any atom is 0.167 e. The van der Waals surface area contributed by atoms with E-state index in [1.54, 1.807) is 12.3 Å². The first kappa shape index (κ1) is 7.02. The van der Waals surface area contributed by atoms with Crippen LogP contribution < -0.4 is 0 Å². The van der Waals surface area contributed by atoms with Crippen LogP contribution in [-0.4, -0.2) is 11.2 Å². The van der Waals surface area contributed by atoms with Crippen molar-refractivity contribution < 1.29 is 4.39 Å². The quantitative estimate of drug-likeness (QED) is 0.481. The van der Waals surface area contributed by atoms with E-state index in [-0.39, 0.29) is 0 Å². The Labute approximate surface area is 63.5 Å². The number of hydrogen-bond acceptors (Lipinski definition) is 3. The van der Waals surface area contributed by atoms with Crippen LogP contribution in [0.15, 0.2) is 29.6 Å². The average Bonchev–Trinajstić information content (AvgIpc) is 2.03. The Kier molecular flexibility index (Phi) is 2.70. The van der Waals surface area contributed by atoms with Crippen LogP contribution >= 0.6 is 11.9 Å². The van der Waals surface area contributed by atoms with E-state index in [0.717, 1.165) is 0 Å². The predicted molar refractivity (Wildman–Crippen MR) is 38.8 cm³/mol. The molecule has 0 bridgehead atoms. The Hall–Kier alpha value is -1.09. The van der Waals surface area contributed by atoms with Gasteiger partial charge in [0.05, 0.1) is 11.9 Å². The highest BCUT2D eigenvalue weighted by Gasteiger charge is 1.83. The van der Waals surface area contributed by atoms with Crippen LogP contribution in [0.5, 0.6) is 0 Å². The predicted octanol–water partition coefficient (Wildman–Crippen LogP) is 1.59. The summed E-state index contributed by atoms with van der Waals surface area (Å²) >= 11 is 4.83. The van der Waals surface area contributed by atoms with Gasteiger partial charge in [-0.05, 0) is 12.1 Å². The first-order chi connectivity index (χ1) is 4.93. The van der Waals surface area contributed by atoms with Crippen molar-refractivity contribution in [2.75, 3.05) is 0 Å². The van der Waals surface area contributed by atoms with Crippen molar-refractivity contribution in [3.8, 4) is 0 Å². The lowest BCUT2D eigenvalue weighted by Crippen LogP contribution is -1.83. The van der Waals surface area contributed by atoms with Crippen molar-refractivity contribution >= 4 is 18.1 Å². The van der Waals surface area contributed by atoms with Gasteiger partial charge >= 0.3 is 0 Å². The van der Waals surface area contributed by atoms with Crippen LogP contribution in [0.4, 0.5) is 0 Å². The lowest BCUT2D eigenvalue weighted by atomic mass is 10.4. The summed E-state index contributed by atoms with van der Waals surface area (Å²) in [6, 6.07) is 5.46. The molecule has 0 saturated heterocycles. The van der Waals surface area contributed by atoms with Crippen molar-refractivity contribution in [1.82, 2.24) is 4.98 Å². The summed E-state index contributed by atoms with van der Waals surface area (Å²) in [6.07, 6.45) is 3.09. The third-order valence-corrected chi connectivity index (χ3v) is 0.992. The molecule has 1 aromatic rings. The molecule has 1 heterocycles. The molecule has 0 amide bonds. The van der Waals surface area contributed by atoms with Gasteiger partial charge in [-0.2, -0.15) is 0 Å². The summed E-state index contributed by atoms with van der Waals surface area (Å²) in [5.41, 5.74) is 0.711. The number of nitrogens with zero attached hydrogens (tertiary/aromatic N) is 2. The molecular formula is C6H5ClN2O. The zero-order valence-corrected chi connectivity index (χ0v) is 5.82. The van der Waals surface area contributed by atoms with Crippen molar-refractivity contribution in [3.63, 3.8) is 0 Å². The maximum atomic E-state index is 4.83. The average molecular weight is 157 g/mol. The first-order valence-electron chi connectivity index (χ1n) is 2.65. The molecule has 4 heteroatoms. The van der Waals surface area contributed by atoms with Crippen LogP contribution in [0.3, 0.4) is 0 Å². The molecule has 0 N–H and O–H groups in total. The van der Waals surface area contributed by atoms with Gasteiger partial charge in [0.1, 0.15) is 0 Å². The Bertz CT molecular complexity index is 212. The van der Waals surface area contributed by atoms with Crippen LogP contribution in [0.2, 0.25) is 0 Å². The molecular weight excluding hydrogens is 152 g/mol. The van der Waals surface area contributed by atoms with Gasteiger partial charge in [-0.15, -0.1) is 0 Å². The topological polar surface area (TPSA) is 34.5 Å². The van der Waals surface area contributed by atoms with E-state index in [9.17, 15) is 0 Å². The highest BCUT2D eigenvalue weighted by Crippen LogP contribution is 1.89. The number of halogens is 1. The zero-order valence-electron chi connectivity index (χ0n) is 5.07. The Balaban J connectivity index is 2.67. The molecule has 0 aliphatic carbocycles. The normalized spacial score (nSPS) is 10.1. The molecule has 0 unspecified atom stereocenters. The molecule has 1 aromatic heterocycles. The van der Waals surface area contributed by atoms with Gasteiger partial charge in [-0.25, -0.2) is 0 Å². The van der Waals surface area contributed by atoms with Gasteiger partial charge in [-0.3, -0.25) is 9.37 Å². The molecule has 52 valence electrons. The molecule has 0 aromatic carbocycles. The minimum Gasteiger partial charge on any atom is -0.277 e. The summed E-state index contributed by atoms with van der Waals surface area (Å²) in [5, 5.41) is 3.32. The highest BCUT2D eigenvalue weighted by molar-refractivity contribution is 6.07. The monoisotopic (exact) mass is 156 g/mol. The number of rotatable bonds is 2. The lowest BCUT2D eigenvalue weighted by Gasteiger charge is -1.85. The third-order valence-electron chi connectivity index (χ3n) is 0.913. The molecule has 0 radical (unpaired) electrons. The van der Waals surface area contributed by atoms with Crippen LogP contribution in [0.25, 0.3) is 0 Å². The highest BCUT2D eigenvalue weighted by atomic mass is 35.5. The first-order valence-corrected chi connectivity index (χ1v) is 2.96. The minimum atomic E-state index is 0.711. The maximum absolute atomic E-state index is 4.83. The minimum absolute atomic E-state index is 0.711. The number of hydrogen-bond donors (Lipinski definition) is 0. The molecule has 3 nitrogen and oxygen atoms in total. The smallest absolute Gasteiger partial charge is 0.167 e.